The molecule has 0 aromatic rings. The summed E-state index contributed by atoms with van der Waals surface area (Å²) in [5, 5.41) is 0. The van der Waals surface area contributed by atoms with E-state index in [9.17, 15) is 22.5 Å². The van der Waals surface area contributed by atoms with Crippen LogP contribution in [0.4, 0.5) is 12.9 Å². The molecule has 0 N–H and O–H groups in total. The highest BCUT2D eigenvalue weighted by molar-refractivity contribution is 6.59. The Morgan fingerprint density at radius 1 is 1.13 bits per heavy atom. The summed E-state index contributed by atoms with van der Waals surface area (Å²) >= 11 is 0. The molecule has 0 radical (unpaired) electrons. The van der Waals surface area contributed by atoms with E-state index in [0.29, 0.717) is 11.4 Å². The SMILES string of the molecule is CCN1CCN(C[B-](F)(F)F)C(=O)C1=O. The second-order valence-corrected chi connectivity index (χ2v) is 3.35. The fourth-order valence-corrected chi connectivity index (χ4v) is 1.44. The maximum atomic E-state index is 12.1. The monoisotopic (exact) mass is 223 g/mol. The van der Waals surface area contributed by atoms with Gasteiger partial charge in [-0.2, -0.15) is 0 Å². The van der Waals surface area contributed by atoms with Gasteiger partial charge in [0.1, 0.15) is 0 Å². The van der Waals surface area contributed by atoms with Crippen molar-refractivity contribution in [1.82, 2.24) is 9.80 Å². The van der Waals surface area contributed by atoms with Gasteiger partial charge in [-0.15, -0.1) is 0 Å². The van der Waals surface area contributed by atoms with E-state index in [4.69, 9.17) is 0 Å². The Hall–Kier alpha value is -1.21. The van der Waals surface area contributed by atoms with Crippen molar-refractivity contribution in [2.24, 2.45) is 0 Å². The predicted octanol–water partition coefficient (Wildman–Crippen LogP) is 0.0637. The Bertz CT molecular complexity index is 282. The molecule has 1 saturated heterocycles. The van der Waals surface area contributed by atoms with Gasteiger partial charge >= 0.3 is 18.8 Å². The lowest BCUT2D eigenvalue weighted by Crippen LogP contribution is -2.56. The van der Waals surface area contributed by atoms with E-state index in [1.54, 1.807) is 6.92 Å². The third kappa shape index (κ3) is 2.87. The highest BCUT2D eigenvalue weighted by atomic mass is 19.4. The Morgan fingerprint density at radius 2 is 1.60 bits per heavy atom. The molecule has 2 amide bonds. The second-order valence-electron chi connectivity index (χ2n) is 3.35. The smallest absolute Gasteiger partial charge is 0.448 e. The van der Waals surface area contributed by atoms with Gasteiger partial charge in [-0.05, 0) is 13.4 Å². The Morgan fingerprint density at radius 3 is 2.07 bits per heavy atom. The fraction of sp³-hybridized carbons (Fsp3) is 0.714. The molecule has 0 spiro atoms. The zero-order valence-corrected chi connectivity index (χ0v) is 8.25. The van der Waals surface area contributed by atoms with Crippen LogP contribution < -0.4 is 0 Å². The average molecular weight is 223 g/mol. The van der Waals surface area contributed by atoms with Crippen LogP contribution in [0, 0.1) is 0 Å². The molecule has 1 rings (SSSR count). The highest BCUT2D eigenvalue weighted by Gasteiger charge is 2.36. The number of amides is 2. The number of carbonyl (C=O) groups excluding carboxylic acids is 2. The molecule has 15 heavy (non-hydrogen) atoms. The summed E-state index contributed by atoms with van der Waals surface area (Å²) in [4.78, 5) is 24.2. The summed E-state index contributed by atoms with van der Waals surface area (Å²) in [6.07, 6.45) is -1.29. The second kappa shape index (κ2) is 4.12. The maximum Gasteiger partial charge on any atom is 0.497 e. The van der Waals surface area contributed by atoms with Crippen LogP contribution in [-0.2, 0) is 9.59 Å². The number of rotatable bonds is 3. The molecule has 0 aromatic heterocycles. The van der Waals surface area contributed by atoms with Gasteiger partial charge < -0.3 is 22.7 Å². The standard InChI is InChI=1S/C7H11BF3N2O2/c1-2-12-3-4-13(5-8(9,10)11)7(15)6(12)14/h2-5H2,1H3/q-1. The van der Waals surface area contributed by atoms with Gasteiger partial charge in [-0.1, -0.05) is 0 Å². The number of likely N-dealkylation sites (N-methyl/N-ethyl adjacent to an activating group) is 1. The quantitative estimate of drug-likeness (QED) is 0.501. The zero-order valence-electron chi connectivity index (χ0n) is 8.25. The third-order valence-electron chi connectivity index (χ3n) is 2.21. The molecular weight excluding hydrogens is 212 g/mol. The van der Waals surface area contributed by atoms with Crippen molar-refractivity contribution in [2.45, 2.75) is 6.92 Å². The number of hydrogen-bond acceptors (Lipinski definition) is 2. The van der Waals surface area contributed by atoms with E-state index >= 15 is 0 Å². The number of carbonyl (C=O) groups is 2. The lowest BCUT2D eigenvalue weighted by Gasteiger charge is -2.35. The first-order valence-electron chi connectivity index (χ1n) is 4.64. The maximum absolute atomic E-state index is 12.1. The Labute approximate surface area is 85.1 Å². The summed E-state index contributed by atoms with van der Waals surface area (Å²) in [5.41, 5.74) is 0. The molecule has 0 aliphatic carbocycles. The topological polar surface area (TPSA) is 40.6 Å². The van der Waals surface area contributed by atoms with Gasteiger partial charge in [0.2, 0.25) is 0 Å². The molecule has 1 aliphatic heterocycles. The third-order valence-corrected chi connectivity index (χ3v) is 2.21. The summed E-state index contributed by atoms with van der Waals surface area (Å²) in [6, 6.07) is 0. The van der Waals surface area contributed by atoms with Crippen LogP contribution in [0.2, 0.25) is 0 Å². The van der Waals surface area contributed by atoms with Crippen molar-refractivity contribution in [1.29, 1.82) is 0 Å². The summed E-state index contributed by atoms with van der Waals surface area (Å²) in [5.74, 6) is -1.90. The lowest BCUT2D eigenvalue weighted by atomic mass is 9.91. The summed E-state index contributed by atoms with van der Waals surface area (Å²) in [7, 11) is 0. The van der Waals surface area contributed by atoms with Crippen molar-refractivity contribution in [3.8, 4) is 0 Å². The van der Waals surface area contributed by atoms with E-state index < -0.39 is 25.2 Å². The molecule has 86 valence electrons. The average Bonchev–Trinajstić information content (AvgIpc) is 2.11. The van der Waals surface area contributed by atoms with Crippen LogP contribution in [0.5, 0.6) is 0 Å². The normalized spacial score (nSPS) is 18.7. The molecule has 0 saturated carbocycles. The van der Waals surface area contributed by atoms with Gasteiger partial charge in [0.15, 0.2) is 0 Å². The van der Waals surface area contributed by atoms with Crippen molar-refractivity contribution < 1.29 is 22.5 Å². The van der Waals surface area contributed by atoms with Crippen molar-refractivity contribution in [2.75, 3.05) is 26.1 Å². The molecule has 0 unspecified atom stereocenters. The molecule has 1 heterocycles. The summed E-state index contributed by atoms with van der Waals surface area (Å²) < 4.78 is 36.2. The van der Waals surface area contributed by atoms with Crippen LogP contribution in [0.3, 0.4) is 0 Å². The van der Waals surface area contributed by atoms with Crippen LogP contribution in [0.1, 0.15) is 6.92 Å². The number of piperazine rings is 1. The van der Waals surface area contributed by atoms with Gasteiger partial charge in [0.05, 0.1) is 0 Å². The fourth-order valence-electron chi connectivity index (χ4n) is 1.44. The van der Waals surface area contributed by atoms with Crippen molar-refractivity contribution in [3.05, 3.63) is 0 Å². The number of nitrogens with zero attached hydrogens (tertiary/aromatic N) is 2. The van der Waals surface area contributed by atoms with E-state index in [1.807, 2.05) is 0 Å². The van der Waals surface area contributed by atoms with Gasteiger partial charge in [-0.3, -0.25) is 9.59 Å². The Kier molecular flexibility index (Phi) is 3.26. The molecule has 0 aromatic carbocycles. The van der Waals surface area contributed by atoms with E-state index in [-0.39, 0.29) is 13.1 Å². The molecule has 0 bridgehead atoms. The highest BCUT2D eigenvalue weighted by Crippen LogP contribution is 2.13. The molecule has 0 atom stereocenters. The number of halogens is 3. The van der Waals surface area contributed by atoms with Crippen LogP contribution >= 0.6 is 0 Å². The van der Waals surface area contributed by atoms with Crippen LogP contribution in [0.25, 0.3) is 0 Å². The predicted molar refractivity (Wildman–Crippen MR) is 47.9 cm³/mol. The van der Waals surface area contributed by atoms with Crippen LogP contribution in [-0.4, -0.2) is 54.7 Å². The zero-order chi connectivity index (χ0) is 11.6. The van der Waals surface area contributed by atoms with Crippen molar-refractivity contribution in [3.63, 3.8) is 0 Å². The van der Waals surface area contributed by atoms with Gasteiger partial charge in [0, 0.05) is 19.6 Å². The van der Waals surface area contributed by atoms with Gasteiger partial charge in [-0.25, -0.2) is 0 Å². The summed E-state index contributed by atoms with van der Waals surface area (Å²) in [6.45, 7) is -2.92. The largest absolute Gasteiger partial charge is 0.497 e. The van der Waals surface area contributed by atoms with E-state index in [1.165, 1.54) is 4.90 Å². The Balaban J connectivity index is 2.65. The molecule has 1 aliphatic rings. The molecule has 8 heteroatoms. The lowest BCUT2D eigenvalue weighted by molar-refractivity contribution is -0.155. The minimum Gasteiger partial charge on any atom is -0.448 e. The minimum absolute atomic E-state index is 0.0420. The molecule has 1 fully saturated rings. The molecule has 4 nitrogen and oxygen atoms in total. The number of hydrogen-bond donors (Lipinski definition) is 0. The first-order chi connectivity index (χ1) is 6.85. The first kappa shape index (κ1) is 11.9. The van der Waals surface area contributed by atoms with E-state index in [2.05, 4.69) is 0 Å². The van der Waals surface area contributed by atoms with Gasteiger partial charge in [0.25, 0.3) is 0 Å². The molecular formula is C7H11BF3N2O2-. The minimum atomic E-state index is -5.07. The van der Waals surface area contributed by atoms with Crippen molar-refractivity contribution >= 4 is 18.8 Å². The van der Waals surface area contributed by atoms with E-state index in [0.717, 1.165) is 0 Å². The first-order valence-corrected chi connectivity index (χ1v) is 4.64. The van der Waals surface area contributed by atoms with Crippen LogP contribution in [0.15, 0.2) is 0 Å².